The normalized spacial score (nSPS) is 11.2. The second-order valence-corrected chi connectivity index (χ2v) is 9.97. The highest BCUT2D eigenvalue weighted by Crippen LogP contribution is 2.08. The van der Waals surface area contributed by atoms with E-state index in [4.69, 9.17) is 4.74 Å². The molecule has 0 radical (unpaired) electrons. The summed E-state index contributed by atoms with van der Waals surface area (Å²) in [6.07, 6.45) is 0. The molecule has 0 aliphatic heterocycles. The van der Waals surface area contributed by atoms with Gasteiger partial charge in [-0.05, 0) is 19.1 Å². The van der Waals surface area contributed by atoms with Gasteiger partial charge in [-0.15, -0.1) is 0 Å². The van der Waals surface area contributed by atoms with E-state index in [-0.39, 0.29) is 5.97 Å². The summed E-state index contributed by atoms with van der Waals surface area (Å²) >= 11 is 0. The van der Waals surface area contributed by atoms with Crippen LogP contribution in [0.3, 0.4) is 0 Å². The molecule has 0 unspecified atom stereocenters. The smallest absolute Gasteiger partial charge is 0.337 e. The van der Waals surface area contributed by atoms with E-state index in [0.717, 1.165) is 0 Å². The first kappa shape index (κ1) is 14.5. The number of aryl methyl sites for hydroxylation is 1. The fraction of sp³-hybridized carbons (Fsp3) is 0.235. The van der Waals surface area contributed by atoms with Crippen molar-refractivity contribution in [3.05, 3.63) is 59.7 Å². The first-order valence-electron chi connectivity index (χ1n) is 6.71. The molecule has 0 aliphatic carbocycles. The van der Waals surface area contributed by atoms with Gasteiger partial charge in [0.05, 0.1) is 12.7 Å². The standard InChI is InChI=1S/C17H20O2Si/c1-13-6-5-7-16(12-13)20(3,4)15-10-8-14(9-11-15)17(18)19-2/h5-12H,1-4H3. The zero-order valence-electron chi connectivity index (χ0n) is 12.4. The van der Waals surface area contributed by atoms with Crippen molar-refractivity contribution >= 4 is 24.4 Å². The minimum Gasteiger partial charge on any atom is -0.465 e. The monoisotopic (exact) mass is 284 g/mol. The number of carbonyl (C=O) groups is 1. The van der Waals surface area contributed by atoms with E-state index in [1.165, 1.54) is 23.0 Å². The summed E-state index contributed by atoms with van der Waals surface area (Å²) < 4.78 is 4.73. The van der Waals surface area contributed by atoms with Crippen molar-refractivity contribution in [3.63, 3.8) is 0 Å². The predicted octanol–water partition coefficient (Wildman–Crippen LogP) is 2.60. The molecule has 0 spiro atoms. The molecule has 3 heteroatoms. The van der Waals surface area contributed by atoms with Crippen LogP contribution in [0.2, 0.25) is 13.1 Å². The van der Waals surface area contributed by atoms with Gasteiger partial charge in [0.2, 0.25) is 0 Å². The Morgan fingerprint density at radius 1 is 1.00 bits per heavy atom. The maximum atomic E-state index is 11.5. The van der Waals surface area contributed by atoms with Crippen LogP contribution in [0.4, 0.5) is 0 Å². The largest absolute Gasteiger partial charge is 0.465 e. The molecule has 0 bridgehead atoms. The minimum atomic E-state index is -1.71. The number of hydrogen-bond acceptors (Lipinski definition) is 2. The highest BCUT2D eigenvalue weighted by Gasteiger charge is 2.26. The first-order valence-corrected chi connectivity index (χ1v) is 9.71. The molecular weight excluding hydrogens is 264 g/mol. The Labute approximate surface area is 121 Å². The molecule has 0 saturated carbocycles. The quantitative estimate of drug-likeness (QED) is 0.640. The molecule has 2 aromatic rings. The SMILES string of the molecule is COC(=O)c1ccc([Si](C)(C)c2cccc(C)c2)cc1. The molecule has 0 heterocycles. The molecular formula is C17H20O2Si. The van der Waals surface area contributed by atoms with Gasteiger partial charge in [0.25, 0.3) is 0 Å². The van der Waals surface area contributed by atoms with E-state index in [1.54, 1.807) is 0 Å². The van der Waals surface area contributed by atoms with E-state index < -0.39 is 8.07 Å². The Morgan fingerprint density at radius 3 is 2.20 bits per heavy atom. The van der Waals surface area contributed by atoms with Gasteiger partial charge < -0.3 is 4.74 Å². The number of methoxy groups -OCH3 is 1. The summed E-state index contributed by atoms with van der Waals surface area (Å²) in [5, 5.41) is 2.72. The van der Waals surface area contributed by atoms with Crippen LogP contribution >= 0.6 is 0 Å². The van der Waals surface area contributed by atoms with Crippen molar-refractivity contribution in [2.45, 2.75) is 20.0 Å². The summed E-state index contributed by atoms with van der Waals surface area (Å²) in [6, 6.07) is 16.5. The number of hydrogen-bond donors (Lipinski definition) is 0. The highest BCUT2D eigenvalue weighted by molar-refractivity contribution is 7.00. The van der Waals surface area contributed by atoms with E-state index in [2.05, 4.69) is 56.4 Å². The van der Waals surface area contributed by atoms with Gasteiger partial charge >= 0.3 is 5.97 Å². The average molecular weight is 284 g/mol. The van der Waals surface area contributed by atoms with Gasteiger partial charge in [-0.1, -0.05) is 65.4 Å². The Bertz CT molecular complexity index is 615. The Hall–Kier alpha value is -1.87. The second kappa shape index (κ2) is 5.63. The molecule has 0 aromatic heterocycles. The van der Waals surface area contributed by atoms with Gasteiger partial charge in [-0.25, -0.2) is 4.79 Å². The van der Waals surface area contributed by atoms with Crippen molar-refractivity contribution in [2.24, 2.45) is 0 Å². The Morgan fingerprint density at radius 2 is 1.65 bits per heavy atom. The van der Waals surface area contributed by atoms with Gasteiger partial charge in [0.1, 0.15) is 8.07 Å². The molecule has 2 aromatic carbocycles. The lowest BCUT2D eigenvalue weighted by Gasteiger charge is -2.24. The molecule has 0 amide bonds. The summed E-state index contributed by atoms with van der Waals surface area (Å²) in [7, 11) is -0.302. The maximum Gasteiger partial charge on any atom is 0.337 e. The van der Waals surface area contributed by atoms with Crippen LogP contribution in [0.25, 0.3) is 0 Å². The lowest BCUT2D eigenvalue weighted by atomic mass is 10.2. The molecule has 0 aliphatic rings. The van der Waals surface area contributed by atoms with E-state index >= 15 is 0 Å². The van der Waals surface area contributed by atoms with Crippen molar-refractivity contribution < 1.29 is 9.53 Å². The topological polar surface area (TPSA) is 26.3 Å². The maximum absolute atomic E-state index is 11.5. The zero-order valence-corrected chi connectivity index (χ0v) is 13.4. The first-order chi connectivity index (χ1) is 9.45. The molecule has 2 nitrogen and oxygen atoms in total. The van der Waals surface area contributed by atoms with Crippen LogP contribution in [0.5, 0.6) is 0 Å². The average Bonchev–Trinajstić information content (AvgIpc) is 2.46. The summed E-state index contributed by atoms with van der Waals surface area (Å²) in [5.41, 5.74) is 1.89. The number of rotatable bonds is 3. The van der Waals surface area contributed by atoms with Crippen LogP contribution in [-0.4, -0.2) is 21.2 Å². The van der Waals surface area contributed by atoms with Crippen LogP contribution < -0.4 is 10.4 Å². The summed E-state index contributed by atoms with van der Waals surface area (Å²) in [6.45, 7) is 6.78. The van der Waals surface area contributed by atoms with Crippen LogP contribution in [0.15, 0.2) is 48.5 Å². The fourth-order valence-electron chi connectivity index (χ4n) is 2.34. The van der Waals surface area contributed by atoms with Crippen LogP contribution in [0, 0.1) is 6.92 Å². The fourth-order valence-corrected chi connectivity index (χ4v) is 4.78. The van der Waals surface area contributed by atoms with Crippen molar-refractivity contribution in [3.8, 4) is 0 Å². The van der Waals surface area contributed by atoms with Gasteiger partial charge in [-0.2, -0.15) is 0 Å². The van der Waals surface area contributed by atoms with Gasteiger partial charge in [0.15, 0.2) is 0 Å². The lowest BCUT2D eigenvalue weighted by Crippen LogP contribution is -2.52. The van der Waals surface area contributed by atoms with Gasteiger partial charge in [-0.3, -0.25) is 0 Å². The van der Waals surface area contributed by atoms with E-state index in [9.17, 15) is 4.79 Å². The lowest BCUT2D eigenvalue weighted by molar-refractivity contribution is 0.0601. The van der Waals surface area contributed by atoms with E-state index in [0.29, 0.717) is 5.56 Å². The molecule has 2 rings (SSSR count). The van der Waals surface area contributed by atoms with Gasteiger partial charge in [0, 0.05) is 0 Å². The number of esters is 1. The third-order valence-corrected chi connectivity index (χ3v) is 7.30. The third-order valence-electron chi connectivity index (χ3n) is 3.77. The molecule has 0 atom stereocenters. The second-order valence-electron chi connectivity index (χ2n) is 5.56. The van der Waals surface area contributed by atoms with Crippen molar-refractivity contribution in [1.29, 1.82) is 0 Å². The molecule has 0 saturated heterocycles. The summed E-state index contributed by atoms with van der Waals surface area (Å²) in [4.78, 5) is 11.5. The van der Waals surface area contributed by atoms with Crippen molar-refractivity contribution in [1.82, 2.24) is 0 Å². The molecule has 104 valence electrons. The zero-order chi connectivity index (χ0) is 14.8. The Balaban J connectivity index is 2.37. The minimum absolute atomic E-state index is 0.286. The van der Waals surface area contributed by atoms with Crippen LogP contribution in [0.1, 0.15) is 15.9 Å². The van der Waals surface area contributed by atoms with E-state index in [1.807, 2.05) is 12.1 Å². The Kier molecular flexibility index (Phi) is 4.09. The molecule has 0 fully saturated rings. The third kappa shape index (κ3) is 2.83. The molecule has 0 N–H and O–H groups in total. The highest BCUT2D eigenvalue weighted by atomic mass is 28.3. The predicted molar refractivity (Wildman–Crippen MR) is 85.7 cm³/mol. The van der Waals surface area contributed by atoms with Crippen LogP contribution in [-0.2, 0) is 4.74 Å². The number of ether oxygens (including phenoxy) is 1. The summed E-state index contributed by atoms with van der Waals surface area (Å²) in [5.74, 6) is -0.286. The van der Waals surface area contributed by atoms with Crippen molar-refractivity contribution in [2.75, 3.05) is 7.11 Å². The number of benzene rings is 2. The molecule has 20 heavy (non-hydrogen) atoms. The number of carbonyl (C=O) groups excluding carboxylic acids is 1.